The Bertz CT molecular complexity index is 1320. The molecule has 6 rings (SSSR count). The number of anilines is 1. The number of fused-ring (bicyclic) bond motifs is 2. The van der Waals surface area contributed by atoms with Gasteiger partial charge < -0.3 is 19.9 Å². The summed E-state index contributed by atoms with van der Waals surface area (Å²) < 4.78 is 25.9. The second-order valence-electron chi connectivity index (χ2n) is 8.94. The van der Waals surface area contributed by atoms with Crippen molar-refractivity contribution in [1.29, 1.82) is 0 Å². The van der Waals surface area contributed by atoms with Gasteiger partial charge in [0.2, 0.25) is 5.43 Å². The average Bonchev–Trinajstić information content (AvgIpc) is 3.61. The van der Waals surface area contributed by atoms with Crippen LogP contribution < -0.4 is 26.4 Å². The topological polar surface area (TPSA) is 93.3 Å². The van der Waals surface area contributed by atoms with E-state index in [-0.39, 0.29) is 34.8 Å². The summed E-state index contributed by atoms with van der Waals surface area (Å²) >= 11 is 1.16. The largest absolute Gasteiger partial charge is 0.492 e. The van der Waals surface area contributed by atoms with Gasteiger partial charge in [-0.3, -0.25) is 14.0 Å². The van der Waals surface area contributed by atoms with Crippen molar-refractivity contribution < 1.29 is 9.13 Å². The smallest absolute Gasteiger partial charge is 0.271 e. The standard InChI is InChI=1S/C21H23FN4O3S.ClH/c1-29-18-15-12(17(27)14-19(28)24-30-20(14)26(15)11-2-3-11)8-13(22)16(18)25-7-4-10(9-25)21(23)5-6-21;/h8,10-11H,2-7,9,23H2,1H3,(H,24,28);1H/t10-;/m1./s1. The first kappa shape index (κ1) is 20.8. The molecule has 0 spiro atoms. The Morgan fingerprint density at radius 3 is 2.68 bits per heavy atom. The third-order valence-corrected chi connectivity index (χ3v) is 7.94. The molecule has 2 aliphatic carbocycles. The number of nitrogens with zero attached hydrogens (tertiary/aromatic N) is 2. The van der Waals surface area contributed by atoms with Crippen LogP contribution in [0.25, 0.3) is 21.1 Å². The third kappa shape index (κ3) is 2.93. The van der Waals surface area contributed by atoms with E-state index in [9.17, 15) is 9.59 Å². The molecule has 166 valence electrons. The van der Waals surface area contributed by atoms with E-state index in [0.717, 1.165) is 43.6 Å². The van der Waals surface area contributed by atoms with Gasteiger partial charge in [0, 0.05) is 24.7 Å². The summed E-state index contributed by atoms with van der Waals surface area (Å²) in [5, 5.41) is 0.304. The normalized spacial score (nSPS) is 22.2. The van der Waals surface area contributed by atoms with Gasteiger partial charge in [-0.1, -0.05) is 0 Å². The molecule has 3 N–H and O–H groups in total. The number of nitrogens with two attached hydrogens (primary N) is 1. The maximum atomic E-state index is 15.4. The van der Waals surface area contributed by atoms with Crippen LogP contribution >= 0.6 is 23.9 Å². The first-order valence-corrected chi connectivity index (χ1v) is 11.2. The molecule has 3 fully saturated rings. The molecule has 2 saturated carbocycles. The monoisotopic (exact) mass is 466 g/mol. The molecule has 1 aliphatic heterocycles. The average molecular weight is 467 g/mol. The summed E-state index contributed by atoms with van der Waals surface area (Å²) in [5.41, 5.74) is 6.42. The van der Waals surface area contributed by atoms with Gasteiger partial charge in [-0.15, -0.1) is 12.4 Å². The predicted molar refractivity (Wildman–Crippen MR) is 123 cm³/mol. The molecule has 0 amide bonds. The molecule has 1 atom stereocenters. The van der Waals surface area contributed by atoms with E-state index in [0.29, 0.717) is 40.8 Å². The Labute approximate surface area is 187 Å². The van der Waals surface area contributed by atoms with Crippen LogP contribution in [-0.4, -0.2) is 34.7 Å². The number of pyridine rings is 1. The summed E-state index contributed by atoms with van der Waals surface area (Å²) in [5.74, 6) is 0.215. The summed E-state index contributed by atoms with van der Waals surface area (Å²) in [6.07, 6.45) is 4.88. The molecule has 2 aromatic heterocycles. The zero-order chi connectivity index (χ0) is 20.8. The van der Waals surface area contributed by atoms with E-state index < -0.39 is 16.8 Å². The fourth-order valence-electron chi connectivity index (χ4n) is 5.07. The number of halogens is 2. The Morgan fingerprint density at radius 1 is 1.29 bits per heavy atom. The molecule has 3 aromatic rings. The first-order valence-electron chi connectivity index (χ1n) is 10.4. The van der Waals surface area contributed by atoms with Crippen LogP contribution in [0, 0.1) is 11.7 Å². The molecule has 31 heavy (non-hydrogen) atoms. The lowest BCUT2D eigenvalue weighted by molar-refractivity contribution is 0.412. The predicted octanol–water partition coefficient (Wildman–Crippen LogP) is 3.13. The number of H-pyrrole nitrogens is 1. The Hall–Kier alpha value is -2.10. The van der Waals surface area contributed by atoms with E-state index in [1.54, 1.807) is 0 Å². The van der Waals surface area contributed by atoms with E-state index in [4.69, 9.17) is 10.5 Å². The molecule has 0 radical (unpaired) electrons. The molecule has 10 heteroatoms. The zero-order valence-corrected chi connectivity index (χ0v) is 18.7. The van der Waals surface area contributed by atoms with Gasteiger partial charge in [-0.25, -0.2) is 4.39 Å². The van der Waals surface area contributed by atoms with Crippen LogP contribution in [0.1, 0.15) is 38.1 Å². The summed E-state index contributed by atoms with van der Waals surface area (Å²) in [6, 6.07) is 1.47. The highest BCUT2D eigenvalue weighted by Gasteiger charge is 2.48. The molecule has 1 saturated heterocycles. The van der Waals surface area contributed by atoms with Crippen molar-refractivity contribution in [3.63, 3.8) is 0 Å². The Balaban J connectivity index is 0.00000204. The van der Waals surface area contributed by atoms with Crippen molar-refractivity contribution >= 4 is 50.7 Å². The quantitative estimate of drug-likeness (QED) is 0.616. The fourth-order valence-corrected chi connectivity index (χ4v) is 5.99. The minimum atomic E-state index is -0.493. The number of aromatic amines is 1. The highest BCUT2D eigenvalue weighted by molar-refractivity contribution is 7.12. The van der Waals surface area contributed by atoms with E-state index in [1.807, 2.05) is 9.47 Å². The number of benzene rings is 1. The summed E-state index contributed by atoms with van der Waals surface area (Å²) in [7, 11) is 1.52. The molecular weight excluding hydrogens is 443 g/mol. The maximum Gasteiger partial charge on any atom is 0.271 e. The lowest BCUT2D eigenvalue weighted by Crippen LogP contribution is -2.34. The van der Waals surface area contributed by atoms with Crippen LogP contribution in [0.5, 0.6) is 5.75 Å². The van der Waals surface area contributed by atoms with Gasteiger partial charge in [0.05, 0.1) is 18.0 Å². The molecule has 7 nitrogen and oxygen atoms in total. The fraction of sp³-hybridized carbons (Fsp3) is 0.524. The van der Waals surface area contributed by atoms with Gasteiger partial charge in [-0.05, 0) is 55.6 Å². The minimum Gasteiger partial charge on any atom is -0.492 e. The van der Waals surface area contributed by atoms with Crippen molar-refractivity contribution in [2.75, 3.05) is 25.1 Å². The number of ether oxygens (including phenoxy) is 1. The van der Waals surface area contributed by atoms with Crippen molar-refractivity contribution in [2.24, 2.45) is 11.7 Å². The van der Waals surface area contributed by atoms with Crippen LogP contribution in [0.15, 0.2) is 15.7 Å². The second kappa shape index (κ2) is 6.95. The SMILES string of the molecule is COc1c(N2CC[C@@H](C3(N)CC3)C2)c(F)cc2c(=O)c3c(=O)[nH]sc3n(C3CC3)c12.Cl. The number of rotatable bonds is 4. The molecule has 3 aliphatic rings. The van der Waals surface area contributed by atoms with Gasteiger partial charge >= 0.3 is 0 Å². The number of methoxy groups -OCH3 is 1. The van der Waals surface area contributed by atoms with Crippen LogP contribution in [0.3, 0.4) is 0 Å². The molecular formula is C21H24ClFN4O3S. The minimum absolute atomic E-state index is 0. The van der Waals surface area contributed by atoms with Crippen molar-refractivity contribution in [3.05, 3.63) is 32.5 Å². The summed E-state index contributed by atoms with van der Waals surface area (Å²) in [6.45, 7) is 1.39. The first-order chi connectivity index (χ1) is 14.4. The highest BCUT2D eigenvalue weighted by Crippen LogP contribution is 2.48. The molecule has 3 heterocycles. The van der Waals surface area contributed by atoms with E-state index in [1.165, 1.54) is 13.2 Å². The van der Waals surface area contributed by atoms with Crippen LogP contribution in [0.4, 0.5) is 10.1 Å². The van der Waals surface area contributed by atoms with Crippen LogP contribution in [0.2, 0.25) is 0 Å². The molecule has 0 bridgehead atoms. The second-order valence-corrected chi connectivity index (χ2v) is 9.74. The number of hydrogen-bond donors (Lipinski definition) is 2. The number of aromatic nitrogens is 2. The third-order valence-electron chi connectivity index (χ3n) is 7.06. The Kier molecular flexibility index (Phi) is 4.66. The van der Waals surface area contributed by atoms with Crippen molar-refractivity contribution in [2.45, 2.75) is 43.7 Å². The lowest BCUT2D eigenvalue weighted by Gasteiger charge is -2.25. The number of hydrogen-bond acceptors (Lipinski definition) is 6. The maximum absolute atomic E-state index is 15.4. The van der Waals surface area contributed by atoms with Gasteiger partial charge in [0.1, 0.15) is 15.9 Å². The highest BCUT2D eigenvalue weighted by atomic mass is 35.5. The van der Waals surface area contributed by atoms with Gasteiger partial charge in [0.25, 0.3) is 5.56 Å². The lowest BCUT2D eigenvalue weighted by atomic mass is 9.97. The molecule has 1 aromatic carbocycles. The number of nitrogens with one attached hydrogen (secondary N) is 1. The Morgan fingerprint density at radius 2 is 2.03 bits per heavy atom. The van der Waals surface area contributed by atoms with E-state index in [2.05, 4.69) is 4.37 Å². The van der Waals surface area contributed by atoms with Crippen LogP contribution in [-0.2, 0) is 0 Å². The zero-order valence-electron chi connectivity index (χ0n) is 17.1. The van der Waals surface area contributed by atoms with Crippen molar-refractivity contribution in [3.8, 4) is 5.75 Å². The van der Waals surface area contributed by atoms with Gasteiger partial charge in [0.15, 0.2) is 11.6 Å². The van der Waals surface area contributed by atoms with Gasteiger partial charge in [-0.2, -0.15) is 0 Å². The van der Waals surface area contributed by atoms with E-state index >= 15 is 4.39 Å². The molecule has 0 unspecified atom stereocenters. The summed E-state index contributed by atoms with van der Waals surface area (Å²) in [4.78, 5) is 28.0. The van der Waals surface area contributed by atoms with Crippen molar-refractivity contribution in [1.82, 2.24) is 8.94 Å².